The molecule has 90 valence electrons. The van der Waals surface area contributed by atoms with Gasteiger partial charge < -0.3 is 14.6 Å². The van der Waals surface area contributed by atoms with Crippen LogP contribution in [-0.2, 0) is 9.47 Å². The van der Waals surface area contributed by atoms with Gasteiger partial charge >= 0.3 is 0 Å². The lowest BCUT2D eigenvalue weighted by atomic mass is 9.97. The summed E-state index contributed by atoms with van der Waals surface area (Å²) in [7, 11) is 1.67. The first-order valence-corrected chi connectivity index (χ1v) is 6.09. The first-order chi connectivity index (χ1) is 7.34. The lowest BCUT2D eigenvalue weighted by Gasteiger charge is -2.17. The Morgan fingerprint density at radius 2 is 1.93 bits per heavy atom. The number of ether oxygens (including phenoxy) is 2. The van der Waals surface area contributed by atoms with Crippen LogP contribution in [-0.4, -0.2) is 38.1 Å². The van der Waals surface area contributed by atoms with E-state index in [1.807, 2.05) is 0 Å². The molecule has 1 unspecified atom stereocenters. The average Bonchev–Trinajstić information content (AvgIpc) is 2.76. The lowest BCUT2D eigenvalue weighted by Crippen LogP contribution is -2.18. The fourth-order valence-corrected chi connectivity index (χ4v) is 2.22. The molecule has 0 aromatic carbocycles. The van der Waals surface area contributed by atoms with Crippen LogP contribution in [0.25, 0.3) is 0 Å². The summed E-state index contributed by atoms with van der Waals surface area (Å²) in [5, 5.41) is 9.87. The SMILES string of the molecule is COCCOCCCC(O)C1CCCC1. The van der Waals surface area contributed by atoms with E-state index in [-0.39, 0.29) is 6.10 Å². The molecule has 1 aliphatic carbocycles. The molecule has 0 saturated heterocycles. The fraction of sp³-hybridized carbons (Fsp3) is 1.00. The van der Waals surface area contributed by atoms with Crippen molar-refractivity contribution >= 4 is 0 Å². The molecular formula is C12H24O3. The summed E-state index contributed by atoms with van der Waals surface area (Å²) in [5.41, 5.74) is 0. The Balaban J connectivity index is 1.90. The number of hydrogen-bond donors (Lipinski definition) is 1. The molecule has 0 aliphatic heterocycles. The van der Waals surface area contributed by atoms with Gasteiger partial charge in [0.2, 0.25) is 0 Å². The summed E-state index contributed by atoms with van der Waals surface area (Å²) in [6, 6.07) is 0. The van der Waals surface area contributed by atoms with E-state index >= 15 is 0 Å². The van der Waals surface area contributed by atoms with Crippen LogP contribution < -0.4 is 0 Å². The van der Waals surface area contributed by atoms with Crippen LogP contribution in [0.1, 0.15) is 38.5 Å². The second kappa shape index (κ2) is 8.08. The highest BCUT2D eigenvalue weighted by Crippen LogP contribution is 2.29. The zero-order chi connectivity index (χ0) is 10.9. The highest BCUT2D eigenvalue weighted by Gasteiger charge is 2.22. The number of rotatable bonds is 8. The van der Waals surface area contributed by atoms with Gasteiger partial charge in [-0.2, -0.15) is 0 Å². The Morgan fingerprint density at radius 3 is 2.60 bits per heavy atom. The van der Waals surface area contributed by atoms with E-state index in [1.165, 1.54) is 25.7 Å². The van der Waals surface area contributed by atoms with Crippen molar-refractivity contribution in [3.8, 4) is 0 Å². The molecule has 1 fully saturated rings. The van der Waals surface area contributed by atoms with E-state index in [4.69, 9.17) is 9.47 Å². The topological polar surface area (TPSA) is 38.7 Å². The Bertz CT molecular complexity index is 144. The van der Waals surface area contributed by atoms with Crippen LogP contribution in [0, 0.1) is 5.92 Å². The Morgan fingerprint density at radius 1 is 1.20 bits per heavy atom. The first-order valence-electron chi connectivity index (χ1n) is 6.09. The molecule has 1 saturated carbocycles. The van der Waals surface area contributed by atoms with E-state index in [9.17, 15) is 5.11 Å². The molecular weight excluding hydrogens is 192 g/mol. The van der Waals surface area contributed by atoms with Gasteiger partial charge in [-0.15, -0.1) is 0 Å². The molecule has 0 aromatic rings. The summed E-state index contributed by atoms with van der Waals surface area (Å²) in [4.78, 5) is 0. The Kier molecular flexibility index (Phi) is 6.98. The average molecular weight is 216 g/mol. The van der Waals surface area contributed by atoms with Gasteiger partial charge in [0, 0.05) is 13.7 Å². The van der Waals surface area contributed by atoms with Crippen molar-refractivity contribution in [3.63, 3.8) is 0 Å². The van der Waals surface area contributed by atoms with Crippen molar-refractivity contribution in [2.45, 2.75) is 44.6 Å². The molecule has 0 heterocycles. The third-order valence-electron chi connectivity index (χ3n) is 3.16. The predicted molar refractivity (Wildman–Crippen MR) is 59.9 cm³/mol. The molecule has 0 bridgehead atoms. The van der Waals surface area contributed by atoms with Gasteiger partial charge in [0.25, 0.3) is 0 Å². The first kappa shape index (κ1) is 12.9. The monoisotopic (exact) mass is 216 g/mol. The predicted octanol–water partition coefficient (Wildman–Crippen LogP) is 1.98. The Hall–Kier alpha value is -0.120. The Labute approximate surface area is 92.8 Å². The number of hydrogen-bond acceptors (Lipinski definition) is 3. The summed E-state index contributed by atoms with van der Waals surface area (Å²) in [6.45, 7) is 2.06. The normalized spacial score (nSPS) is 19.6. The van der Waals surface area contributed by atoms with Crippen molar-refractivity contribution in [1.82, 2.24) is 0 Å². The van der Waals surface area contributed by atoms with Crippen LogP contribution in [0.4, 0.5) is 0 Å². The molecule has 15 heavy (non-hydrogen) atoms. The zero-order valence-corrected chi connectivity index (χ0v) is 9.78. The van der Waals surface area contributed by atoms with E-state index in [0.717, 1.165) is 19.4 Å². The number of aliphatic hydroxyl groups is 1. The minimum absolute atomic E-state index is 0.0986. The number of methoxy groups -OCH3 is 1. The van der Waals surface area contributed by atoms with Gasteiger partial charge in [-0.3, -0.25) is 0 Å². The second-order valence-corrected chi connectivity index (χ2v) is 4.36. The maximum Gasteiger partial charge on any atom is 0.0700 e. The van der Waals surface area contributed by atoms with Gasteiger partial charge in [-0.25, -0.2) is 0 Å². The fourth-order valence-electron chi connectivity index (χ4n) is 2.22. The van der Waals surface area contributed by atoms with Gasteiger partial charge in [-0.05, 0) is 31.6 Å². The van der Waals surface area contributed by atoms with Crippen molar-refractivity contribution in [2.75, 3.05) is 26.9 Å². The van der Waals surface area contributed by atoms with Crippen LogP contribution in [0.5, 0.6) is 0 Å². The summed E-state index contributed by atoms with van der Waals surface area (Å²) in [6.07, 6.45) is 6.77. The van der Waals surface area contributed by atoms with Crippen molar-refractivity contribution < 1.29 is 14.6 Å². The second-order valence-electron chi connectivity index (χ2n) is 4.36. The van der Waals surface area contributed by atoms with Crippen LogP contribution >= 0.6 is 0 Å². The zero-order valence-electron chi connectivity index (χ0n) is 9.78. The summed E-state index contributed by atoms with van der Waals surface area (Å²) >= 11 is 0. The molecule has 0 amide bonds. The van der Waals surface area contributed by atoms with Crippen molar-refractivity contribution in [1.29, 1.82) is 0 Å². The summed E-state index contributed by atoms with van der Waals surface area (Å²) in [5.74, 6) is 0.559. The van der Waals surface area contributed by atoms with E-state index < -0.39 is 0 Å². The summed E-state index contributed by atoms with van der Waals surface area (Å²) < 4.78 is 10.2. The third-order valence-corrected chi connectivity index (χ3v) is 3.16. The molecule has 0 aromatic heterocycles. The smallest absolute Gasteiger partial charge is 0.0700 e. The maximum atomic E-state index is 9.87. The van der Waals surface area contributed by atoms with Gasteiger partial charge in [0.1, 0.15) is 0 Å². The van der Waals surface area contributed by atoms with Gasteiger partial charge in [0.15, 0.2) is 0 Å². The highest BCUT2D eigenvalue weighted by molar-refractivity contribution is 4.74. The van der Waals surface area contributed by atoms with Crippen LogP contribution in [0.3, 0.4) is 0 Å². The van der Waals surface area contributed by atoms with Gasteiger partial charge in [0.05, 0.1) is 19.3 Å². The minimum Gasteiger partial charge on any atom is -0.393 e. The molecule has 1 N–H and O–H groups in total. The highest BCUT2D eigenvalue weighted by atomic mass is 16.5. The van der Waals surface area contributed by atoms with Crippen molar-refractivity contribution in [3.05, 3.63) is 0 Å². The minimum atomic E-state index is -0.0986. The molecule has 1 atom stereocenters. The molecule has 3 nitrogen and oxygen atoms in total. The maximum absolute atomic E-state index is 9.87. The van der Waals surface area contributed by atoms with Crippen molar-refractivity contribution in [2.24, 2.45) is 5.92 Å². The lowest BCUT2D eigenvalue weighted by molar-refractivity contribution is 0.0529. The van der Waals surface area contributed by atoms with E-state index in [2.05, 4.69) is 0 Å². The van der Waals surface area contributed by atoms with Crippen LogP contribution in [0.15, 0.2) is 0 Å². The molecule has 1 aliphatic rings. The standard InChI is InChI=1S/C12H24O3/c1-14-9-10-15-8-4-7-12(13)11-5-2-3-6-11/h11-13H,2-10H2,1H3. The molecule has 3 heteroatoms. The number of aliphatic hydroxyl groups excluding tert-OH is 1. The molecule has 0 radical (unpaired) electrons. The van der Waals surface area contributed by atoms with E-state index in [0.29, 0.717) is 19.1 Å². The van der Waals surface area contributed by atoms with Crippen LogP contribution in [0.2, 0.25) is 0 Å². The quantitative estimate of drug-likeness (QED) is 0.631. The largest absolute Gasteiger partial charge is 0.393 e. The van der Waals surface area contributed by atoms with E-state index in [1.54, 1.807) is 7.11 Å². The third kappa shape index (κ3) is 5.50. The van der Waals surface area contributed by atoms with Gasteiger partial charge in [-0.1, -0.05) is 12.8 Å². The molecule has 0 spiro atoms. The molecule has 1 rings (SSSR count).